The van der Waals surface area contributed by atoms with Gasteiger partial charge >= 0.3 is 0 Å². The van der Waals surface area contributed by atoms with Crippen molar-refractivity contribution >= 4 is 12.6 Å². The van der Waals surface area contributed by atoms with Gasteiger partial charge in [-0.15, -0.1) is 0 Å². The largest absolute Gasteiger partial charge is 0.268 e. The molecule has 0 aliphatic rings. The molecule has 0 atom stereocenters. The van der Waals surface area contributed by atoms with Gasteiger partial charge in [0.2, 0.25) is 0 Å². The van der Waals surface area contributed by atoms with Gasteiger partial charge in [-0.05, 0) is 26.2 Å². The molecule has 0 spiro atoms. The van der Waals surface area contributed by atoms with E-state index in [1.165, 1.54) is 0 Å². The molecule has 0 saturated heterocycles. The van der Waals surface area contributed by atoms with Crippen LogP contribution in [0.2, 0.25) is 0 Å². The summed E-state index contributed by atoms with van der Waals surface area (Å²) in [6.45, 7) is 12.5. The molecule has 0 aromatic carbocycles. The second-order valence-corrected chi connectivity index (χ2v) is 5.06. The molecule has 0 aliphatic carbocycles. The Labute approximate surface area is 75.8 Å². The molecule has 0 saturated carbocycles. The molecular weight excluding hydrogens is 148 g/mol. The number of rotatable bonds is 1. The van der Waals surface area contributed by atoms with Crippen molar-refractivity contribution in [2.45, 2.75) is 47.1 Å². The maximum Gasteiger partial charge on any atom is 0.110 e. The van der Waals surface area contributed by atoms with E-state index in [0.29, 0.717) is 0 Å². The highest BCUT2D eigenvalue weighted by molar-refractivity contribution is 5.75. The van der Waals surface area contributed by atoms with Crippen LogP contribution >= 0.6 is 0 Å². The van der Waals surface area contributed by atoms with Crippen LogP contribution in [0.3, 0.4) is 0 Å². The predicted molar refractivity (Wildman–Crippen MR) is 56.2 cm³/mol. The summed E-state index contributed by atoms with van der Waals surface area (Å²) in [4.78, 5) is 8.35. The fourth-order valence-corrected chi connectivity index (χ4v) is 0.463. The van der Waals surface area contributed by atoms with Crippen LogP contribution in [0.5, 0.6) is 0 Å². The van der Waals surface area contributed by atoms with E-state index >= 15 is 0 Å². The number of hydrogen-bond donors (Lipinski definition) is 0. The molecule has 2 nitrogen and oxygen atoms in total. The first-order valence-corrected chi connectivity index (χ1v) is 4.29. The number of aliphatic imine (C=N–C) groups is 2. The molecule has 0 unspecified atom stereocenters. The zero-order chi connectivity index (χ0) is 9.83. The van der Waals surface area contributed by atoms with E-state index in [0.717, 1.165) is 0 Å². The van der Waals surface area contributed by atoms with E-state index < -0.39 is 0 Å². The van der Waals surface area contributed by atoms with Crippen LogP contribution in [0.4, 0.5) is 0 Å². The Morgan fingerprint density at radius 3 is 1.75 bits per heavy atom. The van der Waals surface area contributed by atoms with E-state index in [-0.39, 0.29) is 11.0 Å². The molecule has 70 valence electrons. The quantitative estimate of drug-likeness (QED) is 0.425. The van der Waals surface area contributed by atoms with E-state index in [1.807, 2.05) is 6.21 Å². The highest BCUT2D eigenvalue weighted by atomic mass is 14.9. The van der Waals surface area contributed by atoms with Crippen LogP contribution in [0, 0.1) is 5.41 Å². The molecular formula is C10H20N2. The Bertz CT molecular complexity index is 155. The third-order valence-corrected chi connectivity index (χ3v) is 0.974. The maximum absolute atomic E-state index is 4.24. The number of nitrogens with zero attached hydrogens (tertiary/aromatic N) is 2. The van der Waals surface area contributed by atoms with Gasteiger partial charge in [-0.2, -0.15) is 0 Å². The molecule has 0 fully saturated rings. The third-order valence-electron chi connectivity index (χ3n) is 0.974. The first kappa shape index (κ1) is 11.3. The summed E-state index contributed by atoms with van der Waals surface area (Å²) in [6.07, 6.45) is 3.54. The Morgan fingerprint density at radius 2 is 1.42 bits per heavy atom. The summed E-state index contributed by atoms with van der Waals surface area (Å²) in [5.74, 6) is 0. The lowest BCUT2D eigenvalue weighted by atomic mass is 9.99. The van der Waals surface area contributed by atoms with Gasteiger partial charge in [-0.3, -0.25) is 4.99 Å². The van der Waals surface area contributed by atoms with Crippen molar-refractivity contribution in [3.8, 4) is 0 Å². The molecule has 0 aromatic rings. The summed E-state index contributed by atoms with van der Waals surface area (Å²) in [7, 11) is 0. The summed E-state index contributed by atoms with van der Waals surface area (Å²) >= 11 is 0. The van der Waals surface area contributed by atoms with Gasteiger partial charge in [0, 0.05) is 6.21 Å². The van der Waals surface area contributed by atoms with Crippen molar-refractivity contribution in [3.05, 3.63) is 0 Å². The maximum atomic E-state index is 4.24. The van der Waals surface area contributed by atoms with Crippen LogP contribution in [0.25, 0.3) is 0 Å². The van der Waals surface area contributed by atoms with Gasteiger partial charge in [-0.25, -0.2) is 4.99 Å². The summed E-state index contributed by atoms with van der Waals surface area (Å²) in [6, 6.07) is 0. The van der Waals surface area contributed by atoms with Crippen LogP contribution in [-0.2, 0) is 0 Å². The molecule has 0 aromatic heterocycles. The number of hydrogen-bond acceptors (Lipinski definition) is 1. The third kappa shape index (κ3) is 9.34. The summed E-state index contributed by atoms with van der Waals surface area (Å²) in [5.41, 5.74) is 0.124. The monoisotopic (exact) mass is 168 g/mol. The fraction of sp³-hybridized carbons (Fsp3) is 0.800. The second-order valence-electron chi connectivity index (χ2n) is 5.06. The fourth-order valence-electron chi connectivity index (χ4n) is 0.463. The van der Waals surface area contributed by atoms with Crippen LogP contribution in [0.15, 0.2) is 9.98 Å². The zero-order valence-corrected chi connectivity index (χ0v) is 9.05. The van der Waals surface area contributed by atoms with Gasteiger partial charge in [0.25, 0.3) is 0 Å². The molecule has 0 rings (SSSR count). The molecule has 0 radical (unpaired) electrons. The van der Waals surface area contributed by atoms with E-state index in [2.05, 4.69) is 51.5 Å². The summed E-state index contributed by atoms with van der Waals surface area (Å²) in [5, 5.41) is 0. The highest BCUT2D eigenvalue weighted by Gasteiger charge is 2.05. The molecule has 0 bridgehead atoms. The Morgan fingerprint density at radius 1 is 0.917 bits per heavy atom. The standard InChI is InChI=1S/C10H20N2/c1-9(2,3)7-11-8-12-10(4,5)6/h7-8H,1-6H3. The van der Waals surface area contributed by atoms with Crippen molar-refractivity contribution in [2.75, 3.05) is 0 Å². The van der Waals surface area contributed by atoms with Crippen LogP contribution < -0.4 is 0 Å². The predicted octanol–water partition coefficient (Wildman–Crippen LogP) is 2.93. The highest BCUT2D eigenvalue weighted by Crippen LogP contribution is 2.08. The first-order valence-electron chi connectivity index (χ1n) is 4.29. The van der Waals surface area contributed by atoms with Crippen molar-refractivity contribution in [1.82, 2.24) is 0 Å². The Kier molecular flexibility index (Phi) is 3.62. The van der Waals surface area contributed by atoms with Gasteiger partial charge in [-0.1, -0.05) is 20.8 Å². The molecule has 12 heavy (non-hydrogen) atoms. The Hall–Kier alpha value is -0.660. The van der Waals surface area contributed by atoms with Gasteiger partial charge in [0.15, 0.2) is 0 Å². The van der Waals surface area contributed by atoms with E-state index in [9.17, 15) is 0 Å². The van der Waals surface area contributed by atoms with Gasteiger partial charge in [0.1, 0.15) is 6.34 Å². The average Bonchev–Trinajstić information content (AvgIpc) is 1.76. The zero-order valence-electron chi connectivity index (χ0n) is 9.05. The van der Waals surface area contributed by atoms with Crippen LogP contribution in [0.1, 0.15) is 41.5 Å². The minimum absolute atomic E-state index is 0.0186. The van der Waals surface area contributed by atoms with Gasteiger partial charge in [0.05, 0.1) is 5.54 Å². The SMILES string of the molecule is CC(C)(C)C=NC=NC(C)(C)C. The van der Waals surface area contributed by atoms with Gasteiger partial charge < -0.3 is 0 Å². The van der Waals surface area contributed by atoms with E-state index in [1.54, 1.807) is 6.34 Å². The smallest absolute Gasteiger partial charge is 0.110 e. The molecule has 0 N–H and O–H groups in total. The topological polar surface area (TPSA) is 24.7 Å². The molecule has 0 amide bonds. The van der Waals surface area contributed by atoms with Crippen molar-refractivity contribution in [2.24, 2.45) is 15.4 Å². The van der Waals surface area contributed by atoms with Crippen molar-refractivity contribution in [1.29, 1.82) is 0 Å². The average molecular weight is 168 g/mol. The lowest BCUT2D eigenvalue weighted by Gasteiger charge is -2.10. The summed E-state index contributed by atoms with van der Waals surface area (Å²) < 4.78 is 0. The van der Waals surface area contributed by atoms with Crippen molar-refractivity contribution in [3.63, 3.8) is 0 Å². The molecule has 0 heterocycles. The minimum Gasteiger partial charge on any atom is -0.268 e. The van der Waals surface area contributed by atoms with Crippen molar-refractivity contribution < 1.29 is 0 Å². The molecule has 0 aliphatic heterocycles. The molecule has 2 heteroatoms. The van der Waals surface area contributed by atoms with Crippen LogP contribution in [-0.4, -0.2) is 18.1 Å². The normalized spacial score (nSPS) is 14.8. The Balaban J connectivity index is 4.00. The lowest BCUT2D eigenvalue weighted by Crippen LogP contribution is -2.10. The van der Waals surface area contributed by atoms with E-state index in [4.69, 9.17) is 0 Å². The second kappa shape index (κ2) is 3.83. The minimum atomic E-state index is -0.0186. The first-order chi connectivity index (χ1) is 5.21. The lowest BCUT2D eigenvalue weighted by molar-refractivity contribution is 0.585.